The summed E-state index contributed by atoms with van der Waals surface area (Å²) in [6.07, 6.45) is 0.665. The van der Waals surface area contributed by atoms with Crippen LogP contribution in [0.3, 0.4) is 0 Å². The van der Waals surface area contributed by atoms with Gasteiger partial charge in [-0.1, -0.05) is 12.1 Å². The molecule has 2 N–H and O–H groups in total. The summed E-state index contributed by atoms with van der Waals surface area (Å²) in [4.78, 5) is 16.5. The molecule has 2 rings (SSSR count). The van der Waals surface area contributed by atoms with Gasteiger partial charge in [0.2, 0.25) is 0 Å². The summed E-state index contributed by atoms with van der Waals surface area (Å²) < 4.78 is 5.09. The maximum atomic E-state index is 12.3. The van der Waals surface area contributed by atoms with Gasteiger partial charge in [0.25, 0.3) is 11.6 Å². The van der Waals surface area contributed by atoms with Crippen molar-refractivity contribution >= 4 is 17.0 Å². The van der Waals surface area contributed by atoms with Crippen molar-refractivity contribution in [1.82, 2.24) is 15.5 Å². The number of hydrogen-bond donors (Lipinski definition) is 2. The van der Waals surface area contributed by atoms with Crippen molar-refractivity contribution in [3.05, 3.63) is 23.0 Å². The molecule has 0 aromatic carbocycles. The molecule has 0 saturated heterocycles. The van der Waals surface area contributed by atoms with Crippen LogP contribution in [0.1, 0.15) is 35.1 Å². The first-order chi connectivity index (χ1) is 9.06. The Balaban J connectivity index is 2.43. The van der Waals surface area contributed by atoms with Crippen molar-refractivity contribution in [1.29, 1.82) is 0 Å². The first-order valence-electron chi connectivity index (χ1n) is 6.22. The van der Waals surface area contributed by atoms with Gasteiger partial charge in [0, 0.05) is 5.69 Å². The van der Waals surface area contributed by atoms with Crippen molar-refractivity contribution in [3.8, 4) is 0 Å². The number of hydrogen-bond acceptors (Lipinski definition) is 5. The topological polar surface area (TPSA) is 88.2 Å². The molecule has 0 fully saturated rings. The van der Waals surface area contributed by atoms with E-state index in [-0.39, 0.29) is 18.6 Å². The van der Waals surface area contributed by atoms with E-state index in [1.54, 1.807) is 19.9 Å². The molecule has 6 nitrogen and oxygen atoms in total. The average Bonchev–Trinajstić information content (AvgIpc) is 2.76. The minimum absolute atomic E-state index is 0.0853. The number of amides is 1. The first kappa shape index (κ1) is 13.5. The molecule has 0 aliphatic heterocycles. The molecule has 102 valence electrons. The zero-order chi connectivity index (χ0) is 14.0. The van der Waals surface area contributed by atoms with Crippen LogP contribution in [0, 0.1) is 13.8 Å². The highest BCUT2D eigenvalue weighted by Crippen LogP contribution is 2.21. The van der Waals surface area contributed by atoms with E-state index in [0.29, 0.717) is 34.5 Å². The molecule has 6 heteroatoms. The maximum absolute atomic E-state index is 12.3. The maximum Gasteiger partial charge on any atom is 0.258 e. The standard InChI is InChI=1S/C13H17N3O3/c1-4-9(6-17)15-12(18)10-5-7(2)14-13-11(10)8(3)16-19-13/h5,9,17H,4,6H2,1-3H3,(H,15,18)/t9-/m0/s1. The SMILES string of the molecule is CC[C@@H](CO)NC(=O)c1cc(C)nc2onc(C)c12. The van der Waals surface area contributed by atoms with Crippen LogP contribution in [0.4, 0.5) is 0 Å². The number of aliphatic hydroxyl groups is 1. The lowest BCUT2D eigenvalue weighted by Crippen LogP contribution is -2.37. The quantitative estimate of drug-likeness (QED) is 0.869. The fourth-order valence-corrected chi connectivity index (χ4v) is 1.94. The van der Waals surface area contributed by atoms with Crippen LogP contribution in [0.2, 0.25) is 0 Å². The van der Waals surface area contributed by atoms with E-state index in [1.807, 2.05) is 6.92 Å². The number of aryl methyl sites for hydroxylation is 2. The molecule has 0 aliphatic carbocycles. The van der Waals surface area contributed by atoms with Crippen LogP contribution >= 0.6 is 0 Å². The second-order valence-corrected chi connectivity index (χ2v) is 4.52. The molecule has 1 amide bonds. The number of pyridine rings is 1. The van der Waals surface area contributed by atoms with Crippen LogP contribution < -0.4 is 5.32 Å². The number of rotatable bonds is 4. The number of carbonyl (C=O) groups is 1. The zero-order valence-corrected chi connectivity index (χ0v) is 11.2. The zero-order valence-electron chi connectivity index (χ0n) is 11.2. The lowest BCUT2D eigenvalue weighted by atomic mass is 10.1. The number of carbonyl (C=O) groups excluding carboxylic acids is 1. The Kier molecular flexibility index (Phi) is 3.80. The predicted octanol–water partition coefficient (Wildman–Crippen LogP) is 1.34. The van der Waals surface area contributed by atoms with Gasteiger partial charge in [-0.2, -0.15) is 0 Å². The Hall–Kier alpha value is -1.95. The molecule has 0 bridgehead atoms. The van der Waals surface area contributed by atoms with Crippen LogP contribution in [-0.4, -0.2) is 33.8 Å². The molecule has 0 radical (unpaired) electrons. The van der Waals surface area contributed by atoms with E-state index in [2.05, 4.69) is 15.5 Å². The fraction of sp³-hybridized carbons (Fsp3) is 0.462. The summed E-state index contributed by atoms with van der Waals surface area (Å²) in [6, 6.07) is 1.45. The van der Waals surface area contributed by atoms with Crippen molar-refractivity contribution in [2.24, 2.45) is 0 Å². The highest BCUT2D eigenvalue weighted by molar-refractivity contribution is 6.06. The second-order valence-electron chi connectivity index (χ2n) is 4.52. The minimum Gasteiger partial charge on any atom is -0.394 e. The Morgan fingerprint density at radius 1 is 1.53 bits per heavy atom. The Morgan fingerprint density at radius 3 is 2.89 bits per heavy atom. The van der Waals surface area contributed by atoms with Crippen molar-refractivity contribution in [3.63, 3.8) is 0 Å². The molecule has 1 atom stereocenters. The van der Waals surface area contributed by atoms with Gasteiger partial charge in [-0.3, -0.25) is 4.79 Å². The highest BCUT2D eigenvalue weighted by atomic mass is 16.5. The minimum atomic E-state index is -0.254. The number of nitrogens with zero attached hydrogens (tertiary/aromatic N) is 2. The summed E-state index contributed by atoms with van der Waals surface area (Å²) in [7, 11) is 0. The van der Waals surface area contributed by atoms with Crippen molar-refractivity contribution < 1.29 is 14.4 Å². The van der Waals surface area contributed by atoms with E-state index in [0.717, 1.165) is 0 Å². The van der Waals surface area contributed by atoms with Gasteiger partial charge in [-0.25, -0.2) is 4.98 Å². The average molecular weight is 263 g/mol. The van der Waals surface area contributed by atoms with Crippen LogP contribution in [0.15, 0.2) is 10.6 Å². The van der Waals surface area contributed by atoms with Crippen molar-refractivity contribution in [2.45, 2.75) is 33.2 Å². The third-order valence-corrected chi connectivity index (χ3v) is 3.04. The molecule has 0 saturated carbocycles. The van der Waals surface area contributed by atoms with E-state index < -0.39 is 0 Å². The summed E-state index contributed by atoms with van der Waals surface area (Å²) in [5.74, 6) is -0.247. The van der Waals surface area contributed by atoms with Crippen LogP contribution in [0.25, 0.3) is 11.1 Å². The van der Waals surface area contributed by atoms with Gasteiger partial charge < -0.3 is 14.9 Å². The first-order valence-corrected chi connectivity index (χ1v) is 6.22. The number of nitrogens with one attached hydrogen (secondary N) is 1. The highest BCUT2D eigenvalue weighted by Gasteiger charge is 2.19. The molecular weight excluding hydrogens is 246 g/mol. The van der Waals surface area contributed by atoms with Gasteiger partial charge >= 0.3 is 0 Å². The molecule has 2 aromatic rings. The van der Waals surface area contributed by atoms with Crippen LogP contribution in [0.5, 0.6) is 0 Å². The number of aromatic nitrogens is 2. The monoisotopic (exact) mass is 263 g/mol. The molecular formula is C13H17N3O3. The van der Waals surface area contributed by atoms with Gasteiger partial charge in [-0.15, -0.1) is 0 Å². The van der Waals surface area contributed by atoms with E-state index in [1.165, 1.54) is 0 Å². The van der Waals surface area contributed by atoms with Crippen molar-refractivity contribution in [2.75, 3.05) is 6.61 Å². The largest absolute Gasteiger partial charge is 0.394 e. The Labute approximate surface area is 110 Å². The molecule has 0 unspecified atom stereocenters. The predicted molar refractivity (Wildman–Crippen MR) is 69.9 cm³/mol. The van der Waals surface area contributed by atoms with Gasteiger partial charge in [-0.05, 0) is 26.3 Å². The second kappa shape index (κ2) is 5.36. The van der Waals surface area contributed by atoms with E-state index in [9.17, 15) is 4.79 Å². The van der Waals surface area contributed by atoms with Gasteiger partial charge in [0.05, 0.1) is 29.3 Å². The Bertz CT molecular complexity index is 602. The molecule has 0 spiro atoms. The van der Waals surface area contributed by atoms with Gasteiger partial charge in [0.15, 0.2) is 0 Å². The van der Waals surface area contributed by atoms with E-state index in [4.69, 9.17) is 9.63 Å². The summed E-state index contributed by atoms with van der Waals surface area (Å²) >= 11 is 0. The third kappa shape index (κ3) is 2.58. The number of aliphatic hydroxyl groups excluding tert-OH is 1. The van der Waals surface area contributed by atoms with Crippen LogP contribution in [-0.2, 0) is 0 Å². The smallest absolute Gasteiger partial charge is 0.258 e. The number of fused-ring (bicyclic) bond motifs is 1. The molecule has 2 aromatic heterocycles. The lowest BCUT2D eigenvalue weighted by molar-refractivity contribution is 0.0916. The lowest BCUT2D eigenvalue weighted by Gasteiger charge is -2.14. The molecule has 2 heterocycles. The molecule has 0 aliphatic rings. The fourth-order valence-electron chi connectivity index (χ4n) is 1.94. The van der Waals surface area contributed by atoms with E-state index >= 15 is 0 Å². The third-order valence-electron chi connectivity index (χ3n) is 3.04. The normalized spacial score (nSPS) is 12.6. The molecule has 19 heavy (non-hydrogen) atoms. The van der Waals surface area contributed by atoms with Gasteiger partial charge in [0.1, 0.15) is 0 Å². The summed E-state index contributed by atoms with van der Waals surface area (Å²) in [6.45, 7) is 5.37. The Morgan fingerprint density at radius 2 is 2.26 bits per heavy atom. The summed E-state index contributed by atoms with van der Waals surface area (Å²) in [5.41, 5.74) is 2.16. The summed E-state index contributed by atoms with van der Waals surface area (Å²) in [5, 5.41) is 16.4.